The topological polar surface area (TPSA) is 94.3 Å². The van der Waals surface area contributed by atoms with Crippen LogP contribution in [0.1, 0.15) is 44.9 Å². The summed E-state index contributed by atoms with van der Waals surface area (Å²) in [6.07, 6.45) is 10.2. The van der Waals surface area contributed by atoms with Gasteiger partial charge in [-0.05, 0) is 65.7 Å². The summed E-state index contributed by atoms with van der Waals surface area (Å²) in [5, 5.41) is 7.68. The normalized spacial score (nSPS) is 17.1. The van der Waals surface area contributed by atoms with Crippen molar-refractivity contribution in [2.45, 2.75) is 51.0 Å². The van der Waals surface area contributed by atoms with Crippen molar-refractivity contribution in [3.8, 4) is 11.3 Å². The SMILES string of the molecule is COCCN.Clc1cnc(NC2CCCCC2)cc1-c1nc(NCC2CCOCC2)ccc1Br. The average molecular weight is 555 g/mol. The molecule has 2 aliphatic rings. The zero-order valence-electron chi connectivity index (χ0n) is 20.0. The van der Waals surface area contributed by atoms with Gasteiger partial charge in [-0.25, -0.2) is 9.97 Å². The second-order valence-electron chi connectivity index (χ2n) is 8.77. The van der Waals surface area contributed by atoms with Crippen molar-refractivity contribution in [1.29, 1.82) is 0 Å². The van der Waals surface area contributed by atoms with Crippen LogP contribution >= 0.6 is 27.5 Å². The fourth-order valence-corrected chi connectivity index (χ4v) is 4.83. The lowest BCUT2D eigenvalue weighted by Gasteiger charge is -2.23. The van der Waals surface area contributed by atoms with Gasteiger partial charge in [-0.15, -0.1) is 0 Å². The number of rotatable bonds is 8. The average Bonchev–Trinajstić information content (AvgIpc) is 2.87. The Balaban J connectivity index is 0.000000588. The molecule has 3 heterocycles. The van der Waals surface area contributed by atoms with E-state index in [1.54, 1.807) is 13.3 Å². The number of hydrogen-bond donors (Lipinski definition) is 3. The minimum Gasteiger partial charge on any atom is -0.383 e. The Hall–Kier alpha value is -1.45. The molecule has 2 fully saturated rings. The Kier molecular flexibility index (Phi) is 11.8. The molecule has 0 radical (unpaired) electrons. The predicted molar refractivity (Wildman–Crippen MR) is 144 cm³/mol. The molecule has 188 valence electrons. The number of ether oxygens (including phenoxy) is 2. The highest BCUT2D eigenvalue weighted by Gasteiger charge is 2.17. The van der Waals surface area contributed by atoms with Gasteiger partial charge in [-0.2, -0.15) is 0 Å². The van der Waals surface area contributed by atoms with E-state index in [1.165, 1.54) is 32.1 Å². The van der Waals surface area contributed by atoms with Crippen molar-refractivity contribution < 1.29 is 9.47 Å². The predicted octanol–water partition coefficient (Wildman–Crippen LogP) is 5.73. The summed E-state index contributed by atoms with van der Waals surface area (Å²) < 4.78 is 10.9. The van der Waals surface area contributed by atoms with Gasteiger partial charge in [0.25, 0.3) is 0 Å². The smallest absolute Gasteiger partial charge is 0.126 e. The Morgan fingerprint density at radius 2 is 1.91 bits per heavy atom. The van der Waals surface area contributed by atoms with Crippen molar-refractivity contribution in [3.05, 3.63) is 33.9 Å². The van der Waals surface area contributed by atoms with Crippen molar-refractivity contribution in [3.63, 3.8) is 0 Å². The Morgan fingerprint density at radius 3 is 2.59 bits per heavy atom. The Labute approximate surface area is 216 Å². The monoisotopic (exact) mass is 553 g/mol. The minimum absolute atomic E-state index is 0.495. The lowest BCUT2D eigenvalue weighted by atomic mass is 9.95. The number of methoxy groups -OCH3 is 1. The highest BCUT2D eigenvalue weighted by molar-refractivity contribution is 9.10. The number of nitrogens with two attached hydrogens (primary N) is 1. The first-order valence-corrected chi connectivity index (χ1v) is 13.4. The highest BCUT2D eigenvalue weighted by atomic mass is 79.9. The molecular weight excluding hydrogens is 518 g/mol. The van der Waals surface area contributed by atoms with Crippen molar-refractivity contribution >= 4 is 39.2 Å². The number of nitrogens with one attached hydrogen (secondary N) is 2. The molecule has 0 amide bonds. The van der Waals surface area contributed by atoms with Gasteiger partial charge in [-0.3, -0.25) is 0 Å². The summed E-state index contributed by atoms with van der Waals surface area (Å²) in [7, 11) is 1.63. The molecule has 1 aliphatic carbocycles. The fourth-order valence-electron chi connectivity index (χ4n) is 4.20. The van der Waals surface area contributed by atoms with Crippen molar-refractivity contribution in [2.24, 2.45) is 11.7 Å². The van der Waals surface area contributed by atoms with E-state index in [9.17, 15) is 0 Å². The van der Waals surface area contributed by atoms with Gasteiger partial charge in [-0.1, -0.05) is 30.9 Å². The zero-order valence-corrected chi connectivity index (χ0v) is 22.3. The van der Waals surface area contributed by atoms with Crippen LogP contribution in [0.4, 0.5) is 11.6 Å². The molecule has 7 nitrogen and oxygen atoms in total. The van der Waals surface area contributed by atoms with Crippen molar-refractivity contribution in [2.75, 3.05) is 50.7 Å². The van der Waals surface area contributed by atoms with Gasteiger partial charge >= 0.3 is 0 Å². The van der Waals surface area contributed by atoms with Crippen LogP contribution in [0.5, 0.6) is 0 Å². The first-order valence-electron chi connectivity index (χ1n) is 12.2. The molecule has 1 saturated carbocycles. The molecule has 2 aromatic heterocycles. The molecular formula is C25H37BrClN5O2. The lowest BCUT2D eigenvalue weighted by molar-refractivity contribution is 0.0699. The quantitative estimate of drug-likeness (QED) is 0.383. The first kappa shape index (κ1) is 27.1. The van der Waals surface area contributed by atoms with E-state index >= 15 is 0 Å². The summed E-state index contributed by atoms with van der Waals surface area (Å²) in [4.78, 5) is 9.34. The van der Waals surface area contributed by atoms with E-state index in [1.807, 2.05) is 18.2 Å². The van der Waals surface area contributed by atoms with E-state index < -0.39 is 0 Å². The van der Waals surface area contributed by atoms with Crippen molar-refractivity contribution in [1.82, 2.24) is 9.97 Å². The van der Waals surface area contributed by atoms with Crippen LogP contribution in [0.15, 0.2) is 28.9 Å². The molecule has 2 aromatic rings. The standard InChI is InChI=1S/C22H28BrClN4O.C3H9NO/c23-18-6-7-20(25-13-15-8-10-29-11-9-15)28-22(18)17-12-21(26-14-19(17)24)27-16-4-2-1-3-5-16;1-5-3-2-4/h6-7,12,14-16H,1-5,8-11,13H2,(H,25,28)(H,26,27);2-4H2,1H3. The van der Waals surface area contributed by atoms with Crippen LogP contribution < -0.4 is 16.4 Å². The Bertz CT molecular complexity index is 874. The van der Waals surface area contributed by atoms with Crippen LogP contribution in [0.2, 0.25) is 5.02 Å². The number of aromatic nitrogens is 2. The van der Waals surface area contributed by atoms with E-state index in [0.717, 1.165) is 60.0 Å². The number of anilines is 2. The zero-order chi connectivity index (χ0) is 24.2. The summed E-state index contributed by atoms with van der Waals surface area (Å²) in [5.41, 5.74) is 6.74. The Morgan fingerprint density at radius 1 is 1.15 bits per heavy atom. The third kappa shape index (κ3) is 8.64. The van der Waals surface area contributed by atoms with Crippen LogP contribution in [-0.4, -0.2) is 56.0 Å². The molecule has 0 bridgehead atoms. The number of pyridine rings is 2. The number of nitrogens with zero attached hydrogens (tertiary/aromatic N) is 2. The summed E-state index contributed by atoms with van der Waals surface area (Å²) >= 11 is 10.2. The van der Waals surface area contributed by atoms with Crippen LogP contribution in [0.25, 0.3) is 11.3 Å². The molecule has 0 unspecified atom stereocenters. The molecule has 1 aliphatic heterocycles. The maximum Gasteiger partial charge on any atom is 0.126 e. The summed E-state index contributed by atoms with van der Waals surface area (Å²) in [6.45, 7) is 3.91. The largest absolute Gasteiger partial charge is 0.383 e. The fraction of sp³-hybridized carbons (Fsp3) is 0.600. The van der Waals surface area contributed by atoms with Gasteiger partial charge in [0, 0.05) is 55.7 Å². The van der Waals surface area contributed by atoms with Gasteiger partial charge in [0.1, 0.15) is 11.6 Å². The molecule has 4 rings (SSSR count). The summed E-state index contributed by atoms with van der Waals surface area (Å²) in [5.74, 6) is 2.36. The maximum atomic E-state index is 6.51. The summed E-state index contributed by atoms with van der Waals surface area (Å²) in [6, 6.07) is 6.55. The molecule has 0 spiro atoms. The van der Waals surface area contributed by atoms with E-state index in [2.05, 4.69) is 36.3 Å². The van der Waals surface area contributed by atoms with Gasteiger partial charge in [0.15, 0.2) is 0 Å². The number of hydrogen-bond acceptors (Lipinski definition) is 7. The molecule has 0 atom stereocenters. The van der Waals surface area contributed by atoms with Gasteiger partial charge < -0.3 is 25.8 Å². The third-order valence-corrected chi connectivity index (χ3v) is 7.09. The molecule has 34 heavy (non-hydrogen) atoms. The second-order valence-corrected chi connectivity index (χ2v) is 10.0. The van der Waals surface area contributed by atoms with E-state index in [4.69, 9.17) is 27.1 Å². The van der Waals surface area contributed by atoms with Crippen LogP contribution in [0.3, 0.4) is 0 Å². The van der Waals surface area contributed by atoms with Crippen LogP contribution in [0, 0.1) is 5.92 Å². The van der Waals surface area contributed by atoms with E-state index in [0.29, 0.717) is 30.1 Å². The molecule has 9 heteroatoms. The highest BCUT2D eigenvalue weighted by Crippen LogP contribution is 2.34. The molecule has 0 aromatic carbocycles. The molecule has 1 saturated heterocycles. The number of halogens is 2. The first-order chi connectivity index (χ1) is 16.6. The van der Waals surface area contributed by atoms with Gasteiger partial charge in [0.2, 0.25) is 0 Å². The minimum atomic E-state index is 0.495. The second kappa shape index (κ2) is 14.8. The molecule has 4 N–H and O–H groups in total. The van der Waals surface area contributed by atoms with E-state index in [-0.39, 0.29) is 0 Å². The van der Waals surface area contributed by atoms with Crippen LogP contribution in [-0.2, 0) is 9.47 Å². The third-order valence-electron chi connectivity index (χ3n) is 6.15. The maximum absolute atomic E-state index is 6.51. The lowest BCUT2D eigenvalue weighted by Crippen LogP contribution is -2.23. The van der Waals surface area contributed by atoms with Gasteiger partial charge in [0.05, 0.1) is 17.3 Å².